The van der Waals surface area contributed by atoms with Gasteiger partial charge in [-0.15, -0.1) is 0 Å². The van der Waals surface area contributed by atoms with Crippen LogP contribution in [0.1, 0.15) is 48.6 Å². The highest BCUT2D eigenvalue weighted by atomic mass is 32.1. The first-order valence-electron chi connectivity index (χ1n) is 13.0. The molecule has 1 atom stereocenters. The van der Waals surface area contributed by atoms with E-state index in [1.165, 1.54) is 16.2 Å². The van der Waals surface area contributed by atoms with Crippen molar-refractivity contribution < 1.29 is 24.2 Å². The molecule has 1 unspecified atom stereocenters. The van der Waals surface area contributed by atoms with E-state index in [0.717, 1.165) is 27.8 Å². The number of fused-ring (bicyclic) bond motifs is 1. The van der Waals surface area contributed by atoms with E-state index in [2.05, 4.69) is 0 Å². The maximum Gasteiger partial charge on any atom is 0.301 e. The predicted molar refractivity (Wildman–Crippen MR) is 154 cm³/mol. The second kappa shape index (κ2) is 10.9. The lowest BCUT2D eigenvalue weighted by Crippen LogP contribution is -2.29. The summed E-state index contributed by atoms with van der Waals surface area (Å²) < 4.78 is 12.3. The zero-order valence-electron chi connectivity index (χ0n) is 22.4. The Morgan fingerprint density at radius 2 is 1.77 bits per heavy atom. The highest BCUT2D eigenvalue weighted by Crippen LogP contribution is 2.45. The van der Waals surface area contributed by atoms with Gasteiger partial charge in [0, 0.05) is 5.56 Å². The van der Waals surface area contributed by atoms with Crippen LogP contribution in [-0.4, -0.2) is 35.0 Å². The van der Waals surface area contributed by atoms with Crippen molar-refractivity contribution in [3.63, 3.8) is 0 Å². The van der Waals surface area contributed by atoms with Gasteiger partial charge >= 0.3 is 5.91 Å². The Balaban J connectivity index is 1.68. The Hall–Kier alpha value is -4.17. The van der Waals surface area contributed by atoms with Crippen molar-refractivity contribution in [2.45, 2.75) is 40.2 Å². The second-order valence-corrected chi connectivity index (χ2v) is 10.5. The summed E-state index contributed by atoms with van der Waals surface area (Å²) in [6, 6.07) is 17.3. The minimum Gasteiger partial charge on any atom is -0.507 e. The molecule has 39 heavy (non-hydrogen) atoms. The lowest BCUT2D eigenvalue weighted by atomic mass is 9.95. The fourth-order valence-corrected chi connectivity index (χ4v) is 6.00. The van der Waals surface area contributed by atoms with Gasteiger partial charge in [0.05, 0.1) is 35.0 Å². The van der Waals surface area contributed by atoms with Gasteiger partial charge in [-0.25, -0.2) is 4.98 Å². The lowest BCUT2D eigenvalue weighted by Gasteiger charge is -2.23. The average molecular weight is 543 g/mol. The molecule has 1 aliphatic heterocycles. The van der Waals surface area contributed by atoms with Gasteiger partial charge in [-0.05, 0) is 74.2 Å². The normalized spacial score (nSPS) is 16.7. The zero-order valence-corrected chi connectivity index (χ0v) is 23.2. The Morgan fingerprint density at radius 3 is 2.49 bits per heavy atom. The number of hydrogen-bond acceptors (Lipinski definition) is 7. The highest BCUT2D eigenvalue weighted by Gasteiger charge is 2.48. The zero-order chi connectivity index (χ0) is 27.7. The molecule has 3 aromatic carbocycles. The van der Waals surface area contributed by atoms with E-state index in [1.807, 2.05) is 52.0 Å². The number of hydrogen-bond donors (Lipinski definition) is 1. The third-order valence-corrected chi connectivity index (χ3v) is 7.56. The fourth-order valence-electron chi connectivity index (χ4n) is 4.83. The summed E-state index contributed by atoms with van der Waals surface area (Å²) in [5.74, 6) is -0.514. The Morgan fingerprint density at radius 1 is 1.00 bits per heavy atom. The van der Waals surface area contributed by atoms with Crippen molar-refractivity contribution in [2.24, 2.45) is 0 Å². The summed E-state index contributed by atoms with van der Waals surface area (Å²) in [4.78, 5) is 33.3. The van der Waals surface area contributed by atoms with Crippen LogP contribution in [0.5, 0.6) is 11.5 Å². The summed E-state index contributed by atoms with van der Waals surface area (Å²) in [6.45, 7) is 8.93. The average Bonchev–Trinajstić information content (AvgIpc) is 3.46. The maximum atomic E-state index is 13.6. The molecule has 0 radical (unpaired) electrons. The van der Waals surface area contributed by atoms with E-state index >= 15 is 0 Å². The number of anilines is 1. The van der Waals surface area contributed by atoms with Gasteiger partial charge in [0.1, 0.15) is 17.3 Å². The number of rotatable bonds is 8. The number of ketones is 1. The lowest BCUT2D eigenvalue weighted by molar-refractivity contribution is -0.132. The predicted octanol–water partition coefficient (Wildman–Crippen LogP) is 6.73. The molecule has 1 aromatic heterocycles. The molecule has 1 saturated heterocycles. The SMILES string of the molecule is CCCOc1cccc(C(O)=C2C(=O)C(=O)N(c3nc4c(C)cc(C)cc4s3)C2c2ccc(OCC)cc2)c1. The monoisotopic (exact) mass is 542 g/mol. The van der Waals surface area contributed by atoms with Crippen molar-refractivity contribution in [1.29, 1.82) is 0 Å². The first-order valence-corrected chi connectivity index (χ1v) is 13.8. The molecule has 1 amide bonds. The van der Waals surface area contributed by atoms with Crippen LogP contribution < -0.4 is 14.4 Å². The molecule has 1 fully saturated rings. The van der Waals surface area contributed by atoms with Gasteiger partial charge in [-0.2, -0.15) is 0 Å². The van der Waals surface area contributed by atoms with Crippen LogP contribution in [0.25, 0.3) is 16.0 Å². The van der Waals surface area contributed by atoms with Gasteiger partial charge in [0.2, 0.25) is 0 Å². The van der Waals surface area contributed by atoms with Gasteiger partial charge in [-0.1, -0.05) is 48.6 Å². The number of Topliss-reactive ketones (excluding diaryl/α,β-unsaturated/α-hetero) is 1. The quantitative estimate of drug-likeness (QED) is 0.151. The van der Waals surface area contributed by atoms with Gasteiger partial charge in [-0.3, -0.25) is 14.5 Å². The number of aromatic nitrogens is 1. The van der Waals surface area contributed by atoms with E-state index in [9.17, 15) is 14.7 Å². The molecule has 0 aliphatic carbocycles. The molecule has 8 heteroatoms. The molecule has 4 aromatic rings. The number of aryl methyl sites for hydroxylation is 2. The Labute approximate surface area is 231 Å². The van der Waals surface area contributed by atoms with Crippen LogP contribution in [0.15, 0.2) is 66.2 Å². The number of carbonyl (C=O) groups excluding carboxylic acids is 2. The summed E-state index contributed by atoms with van der Waals surface area (Å²) in [5, 5.41) is 11.9. The molecule has 2 heterocycles. The van der Waals surface area contributed by atoms with Crippen molar-refractivity contribution in [1.82, 2.24) is 4.98 Å². The standard InChI is InChI=1S/C31H30N2O5S/c1-5-14-38-23-9-7-8-21(17-23)28(34)25-27(20-10-12-22(13-11-20)37-6-2)33(30(36)29(25)35)31-32-26-19(4)15-18(3)16-24(26)39-31/h7-13,15-17,27,34H,5-6,14H2,1-4H3. The van der Waals surface area contributed by atoms with E-state index in [4.69, 9.17) is 14.5 Å². The van der Waals surface area contributed by atoms with Crippen LogP contribution in [-0.2, 0) is 9.59 Å². The molecule has 0 spiro atoms. The number of aliphatic hydroxyl groups is 1. The Kier molecular flexibility index (Phi) is 7.39. The number of carbonyl (C=O) groups is 2. The van der Waals surface area contributed by atoms with Gasteiger partial charge in [0.25, 0.3) is 5.78 Å². The maximum absolute atomic E-state index is 13.6. The summed E-state index contributed by atoms with van der Waals surface area (Å²) in [6.07, 6.45) is 0.834. The number of benzene rings is 3. The number of ether oxygens (including phenoxy) is 2. The smallest absolute Gasteiger partial charge is 0.301 e. The van der Waals surface area contributed by atoms with Crippen LogP contribution in [0, 0.1) is 13.8 Å². The van der Waals surface area contributed by atoms with Crippen LogP contribution >= 0.6 is 11.3 Å². The minimum atomic E-state index is -0.872. The fraction of sp³-hybridized carbons (Fsp3) is 0.258. The number of nitrogens with zero attached hydrogens (tertiary/aromatic N) is 2. The highest BCUT2D eigenvalue weighted by molar-refractivity contribution is 7.22. The first-order chi connectivity index (χ1) is 18.8. The van der Waals surface area contributed by atoms with Gasteiger partial charge in [0.15, 0.2) is 5.13 Å². The van der Waals surface area contributed by atoms with E-state index in [-0.39, 0.29) is 11.3 Å². The number of aliphatic hydroxyl groups excluding tert-OH is 1. The van der Waals surface area contributed by atoms with Crippen LogP contribution in [0.3, 0.4) is 0 Å². The second-order valence-electron chi connectivity index (χ2n) is 9.47. The summed E-state index contributed by atoms with van der Waals surface area (Å²) >= 11 is 1.35. The van der Waals surface area contributed by atoms with E-state index in [0.29, 0.717) is 41.0 Å². The molecule has 0 saturated carbocycles. The van der Waals surface area contributed by atoms with Gasteiger partial charge < -0.3 is 14.6 Å². The van der Waals surface area contributed by atoms with Crippen molar-refractivity contribution >= 4 is 44.1 Å². The van der Waals surface area contributed by atoms with E-state index < -0.39 is 17.7 Å². The van der Waals surface area contributed by atoms with Crippen LogP contribution in [0.2, 0.25) is 0 Å². The van der Waals surface area contributed by atoms with Crippen molar-refractivity contribution in [3.05, 3.63) is 88.5 Å². The largest absolute Gasteiger partial charge is 0.507 e. The molecular formula is C31H30N2O5S. The third kappa shape index (κ3) is 5.00. The molecule has 5 rings (SSSR count). The molecule has 0 bridgehead atoms. The minimum absolute atomic E-state index is 0.00367. The molecule has 7 nitrogen and oxygen atoms in total. The molecular weight excluding hydrogens is 512 g/mol. The molecule has 1 N–H and O–H groups in total. The number of thiazole rings is 1. The van der Waals surface area contributed by atoms with Crippen LogP contribution in [0.4, 0.5) is 5.13 Å². The summed E-state index contributed by atoms with van der Waals surface area (Å²) in [7, 11) is 0. The first kappa shape index (κ1) is 26.4. The summed E-state index contributed by atoms with van der Waals surface area (Å²) in [5.41, 5.74) is 3.92. The molecule has 200 valence electrons. The topological polar surface area (TPSA) is 89.0 Å². The van der Waals surface area contributed by atoms with Crippen molar-refractivity contribution in [2.75, 3.05) is 18.1 Å². The number of amides is 1. The molecule has 1 aliphatic rings. The van der Waals surface area contributed by atoms with Crippen molar-refractivity contribution in [3.8, 4) is 11.5 Å². The Bertz CT molecular complexity index is 1590. The third-order valence-electron chi connectivity index (χ3n) is 6.56. The van der Waals surface area contributed by atoms with E-state index in [1.54, 1.807) is 36.4 Å².